The summed E-state index contributed by atoms with van der Waals surface area (Å²) in [6.07, 6.45) is 4.76. The second kappa shape index (κ2) is 7.57. The third-order valence-electron chi connectivity index (χ3n) is 3.50. The lowest BCUT2D eigenvalue weighted by Gasteiger charge is -2.28. The fraction of sp³-hybridized carbons (Fsp3) is 0.800. The number of hydrogen-bond acceptors (Lipinski definition) is 2. The lowest BCUT2D eigenvalue weighted by molar-refractivity contribution is 0.296. The fourth-order valence-corrected chi connectivity index (χ4v) is 2.68. The van der Waals surface area contributed by atoms with Gasteiger partial charge in [-0.3, -0.25) is 4.68 Å². The molecule has 2 atom stereocenters. The monoisotopic (exact) mass is 251 g/mol. The summed E-state index contributed by atoms with van der Waals surface area (Å²) in [4.78, 5) is 0. The Morgan fingerprint density at radius 1 is 1.22 bits per heavy atom. The van der Waals surface area contributed by atoms with Crippen molar-refractivity contribution in [2.24, 2.45) is 0 Å². The number of hydrogen-bond donors (Lipinski definition) is 1. The summed E-state index contributed by atoms with van der Waals surface area (Å²) in [5.41, 5.74) is 2.40. The minimum Gasteiger partial charge on any atom is -0.312 e. The van der Waals surface area contributed by atoms with Gasteiger partial charge in [-0.1, -0.05) is 27.2 Å². The SMILES string of the molecule is CCCNC(CCC)C(CC)n1nc(C)cc1C. The molecule has 0 amide bonds. The summed E-state index contributed by atoms with van der Waals surface area (Å²) in [5, 5.41) is 8.36. The van der Waals surface area contributed by atoms with Crippen LogP contribution >= 0.6 is 0 Å². The van der Waals surface area contributed by atoms with E-state index in [1.807, 2.05) is 0 Å². The largest absolute Gasteiger partial charge is 0.312 e. The maximum Gasteiger partial charge on any atom is 0.0672 e. The topological polar surface area (TPSA) is 29.9 Å². The Balaban J connectivity index is 2.86. The van der Waals surface area contributed by atoms with Gasteiger partial charge in [-0.05, 0) is 45.7 Å². The molecule has 0 fully saturated rings. The zero-order chi connectivity index (χ0) is 13.5. The van der Waals surface area contributed by atoms with Gasteiger partial charge in [0.15, 0.2) is 0 Å². The predicted molar refractivity (Wildman–Crippen MR) is 78.0 cm³/mol. The second-order valence-corrected chi connectivity index (χ2v) is 5.20. The molecule has 18 heavy (non-hydrogen) atoms. The molecule has 1 N–H and O–H groups in total. The fourth-order valence-electron chi connectivity index (χ4n) is 2.68. The normalized spacial score (nSPS) is 14.7. The highest BCUT2D eigenvalue weighted by molar-refractivity contribution is 5.08. The second-order valence-electron chi connectivity index (χ2n) is 5.20. The molecule has 0 aliphatic rings. The van der Waals surface area contributed by atoms with Gasteiger partial charge >= 0.3 is 0 Å². The van der Waals surface area contributed by atoms with Crippen LogP contribution in [-0.2, 0) is 0 Å². The summed E-state index contributed by atoms with van der Waals surface area (Å²) >= 11 is 0. The first-order valence-electron chi connectivity index (χ1n) is 7.40. The van der Waals surface area contributed by atoms with Crippen LogP contribution < -0.4 is 5.32 Å². The summed E-state index contributed by atoms with van der Waals surface area (Å²) in [6.45, 7) is 12.1. The molecule has 0 aromatic carbocycles. The van der Waals surface area contributed by atoms with Crippen LogP contribution in [0.25, 0.3) is 0 Å². The van der Waals surface area contributed by atoms with Gasteiger partial charge in [0.2, 0.25) is 0 Å². The van der Waals surface area contributed by atoms with Crippen LogP contribution in [0, 0.1) is 13.8 Å². The van der Waals surface area contributed by atoms with Crippen molar-refractivity contribution in [3.05, 3.63) is 17.5 Å². The third-order valence-corrected chi connectivity index (χ3v) is 3.50. The molecule has 1 rings (SSSR count). The lowest BCUT2D eigenvalue weighted by Crippen LogP contribution is -2.38. The van der Waals surface area contributed by atoms with Crippen LogP contribution in [0.4, 0.5) is 0 Å². The Hall–Kier alpha value is -0.830. The zero-order valence-corrected chi connectivity index (χ0v) is 12.7. The molecule has 1 aromatic rings. The maximum absolute atomic E-state index is 4.67. The summed E-state index contributed by atoms with van der Waals surface area (Å²) in [5.74, 6) is 0. The number of nitrogens with zero attached hydrogens (tertiary/aromatic N) is 2. The molecule has 0 bridgehead atoms. The van der Waals surface area contributed by atoms with Crippen molar-refractivity contribution in [2.45, 2.75) is 72.4 Å². The van der Waals surface area contributed by atoms with Crippen molar-refractivity contribution >= 4 is 0 Å². The molecule has 3 nitrogen and oxygen atoms in total. The van der Waals surface area contributed by atoms with Crippen LogP contribution in [0.3, 0.4) is 0 Å². The molecule has 0 saturated heterocycles. The molecule has 0 saturated carbocycles. The van der Waals surface area contributed by atoms with E-state index < -0.39 is 0 Å². The van der Waals surface area contributed by atoms with Gasteiger partial charge in [0, 0.05) is 11.7 Å². The molecular formula is C15H29N3. The van der Waals surface area contributed by atoms with Gasteiger partial charge < -0.3 is 5.32 Å². The Morgan fingerprint density at radius 3 is 2.39 bits per heavy atom. The first kappa shape index (κ1) is 15.2. The molecule has 0 aliphatic heterocycles. The minimum absolute atomic E-state index is 0.477. The van der Waals surface area contributed by atoms with Gasteiger partial charge in [-0.25, -0.2) is 0 Å². The Labute approximate surface area is 112 Å². The predicted octanol–water partition coefficient (Wildman–Crippen LogP) is 3.62. The van der Waals surface area contributed by atoms with Crippen molar-refractivity contribution < 1.29 is 0 Å². The summed E-state index contributed by atoms with van der Waals surface area (Å²) in [7, 11) is 0. The molecule has 3 heteroatoms. The number of nitrogens with one attached hydrogen (secondary N) is 1. The maximum atomic E-state index is 4.67. The Bertz CT molecular complexity index is 344. The van der Waals surface area contributed by atoms with E-state index in [0.717, 1.165) is 18.7 Å². The number of rotatable bonds is 8. The van der Waals surface area contributed by atoms with Gasteiger partial charge in [-0.2, -0.15) is 5.10 Å². The average molecular weight is 251 g/mol. The molecule has 1 aromatic heterocycles. The van der Waals surface area contributed by atoms with E-state index >= 15 is 0 Å². The van der Waals surface area contributed by atoms with E-state index in [0.29, 0.717) is 12.1 Å². The first-order valence-corrected chi connectivity index (χ1v) is 7.40. The van der Waals surface area contributed by atoms with E-state index in [9.17, 15) is 0 Å². The molecule has 0 spiro atoms. The molecule has 104 valence electrons. The molecule has 2 unspecified atom stereocenters. The van der Waals surface area contributed by atoms with E-state index in [2.05, 4.69) is 55.8 Å². The molecule has 0 radical (unpaired) electrons. The Morgan fingerprint density at radius 2 is 1.94 bits per heavy atom. The van der Waals surface area contributed by atoms with Crippen LogP contribution in [0.15, 0.2) is 6.07 Å². The summed E-state index contributed by atoms with van der Waals surface area (Å²) in [6, 6.07) is 3.19. The number of aryl methyl sites for hydroxylation is 2. The first-order chi connectivity index (χ1) is 8.63. The van der Waals surface area contributed by atoms with Crippen molar-refractivity contribution in [3.8, 4) is 0 Å². The molecule has 0 aliphatic carbocycles. The van der Waals surface area contributed by atoms with Crippen LogP contribution in [0.2, 0.25) is 0 Å². The highest BCUT2D eigenvalue weighted by Crippen LogP contribution is 2.21. The van der Waals surface area contributed by atoms with E-state index in [1.165, 1.54) is 25.0 Å². The Kier molecular flexibility index (Phi) is 6.41. The van der Waals surface area contributed by atoms with Gasteiger partial charge in [0.05, 0.1) is 11.7 Å². The van der Waals surface area contributed by atoms with Crippen LogP contribution in [0.5, 0.6) is 0 Å². The molecular weight excluding hydrogens is 222 g/mol. The van der Waals surface area contributed by atoms with Crippen molar-refractivity contribution in [1.82, 2.24) is 15.1 Å². The van der Waals surface area contributed by atoms with E-state index in [4.69, 9.17) is 0 Å². The summed E-state index contributed by atoms with van der Waals surface area (Å²) < 4.78 is 2.22. The smallest absolute Gasteiger partial charge is 0.0672 e. The average Bonchev–Trinajstić information content (AvgIpc) is 2.66. The van der Waals surface area contributed by atoms with Gasteiger partial charge in [0.1, 0.15) is 0 Å². The van der Waals surface area contributed by atoms with E-state index in [-0.39, 0.29) is 0 Å². The number of aromatic nitrogens is 2. The minimum atomic E-state index is 0.477. The van der Waals surface area contributed by atoms with Crippen molar-refractivity contribution in [1.29, 1.82) is 0 Å². The van der Waals surface area contributed by atoms with Crippen molar-refractivity contribution in [2.75, 3.05) is 6.54 Å². The molecule has 1 heterocycles. The zero-order valence-electron chi connectivity index (χ0n) is 12.7. The van der Waals surface area contributed by atoms with E-state index in [1.54, 1.807) is 0 Å². The highest BCUT2D eigenvalue weighted by atomic mass is 15.3. The highest BCUT2D eigenvalue weighted by Gasteiger charge is 2.22. The van der Waals surface area contributed by atoms with Gasteiger partial charge in [0.25, 0.3) is 0 Å². The standard InChI is InChI=1S/C15H29N3/c1-6-9-14(16-10-7-2)15(8-3)18-13(5)11-12(4)17-18/h11,14-16H,6-10H2,1-5H3. The quantitative estimate of drug-likeness (QED) is 0.765. The lowest BCUT2D eigenvalue weighted by atomic mass is 10.0. The van der Waals surface area contributed by atoms with Gasteiger partial charge in [-0.15, -0.1) is 0 Å². The third kappa shape index (κ3) is 3.84. The van der Waals surface area contributed by atoms with Crippen LogP contribution in [0.1, 0.15) is 63.9 Å². The van der Waals surface area contributed by atoms with Crippen LogP contribution in [-0.4, -0.2) is 22.4 Å². The van der Waals surface area contributed by atoms with Crippen molar-refractivity contribution in [3.63, 3.8) is 0 Å².